The lowest BCUT2D eigenvalue weighted by Crippen LogP contribution is -2.39. The highest BCUT2D eigenvalue weighted by Crippen LogP contribution is 2.28. The van der Waals surface area contributed by atoms with Gasteiger partial charge < -0.3 is 9.88 Å². The molecule has 1 aliphatic rings. The lowest BCUT2D eigenvalue weighted by atomic mass is 9.86. The van der Waals surface area contributed by atoms with E-state index in [1.54, 1.807) is 0 Å². The van der Waals surface area contributed by atoms with Crippen LogP contribution in [0, 0.1) is 0 Å². The molecule has 1 aromatic heterocycles. The van der Waals surface area contributed by atoms with Gasteiger partial charge in [-0.25, -0.2) is 4.98 Å². The van der Waals surface area contributed by atoms with Crippen LogP contribution < -0.4 is 0 Å². The summed E-state index contributed by atoms with van der Waals surface area (Å²) in [6.07, 6.45) is 2.07. The molecule has 1 saturated heterocycles. The molecule has 140 valence electrons. The quantitative estimate of drug-likeness (QED) is 0.707. The summed E-state index contributed by atoms with van der Waals surface area (Å²) >= 11 is 0. The number of fused-ring (bicyclic) bond motifs is 1. The summed E-state index contributed by atoms with van der Waals surface area (Å²) < 4.78 is 0. The van der Waals surface area contributed by atoms with Crippen LogP contribution in [-0.4, -0.2) is 33.9 Å². The summed E-state index contributed by atoms with van der Waals surface area (Å²) in [5, 5.41) is 0. The van der Waals surface area contributed by atoms with E-state index in [0.717, 1.165) is 48.4 Å². The number of likely N-dealkylation sites (tertiary alicyclic amines) is 1. The number of rotatable bonds is 2. The van der Waals surface area contributed by atoms with E-state index in [9.17, 15) is 4.79 Å². The van der Waals surface area contributed by atoms with Crippen molar-refractivity contribution < 1.29 is 4.79 Å². The third-order valence-electron chi connectivity index (χ3n) is 5.50. The molecular weight excluding hydrogens is 334 g/mol. The summed E-state index contributed by atoms with van der Waals surface area (Å²) in [5.41, 5.74) is 4.17. The Balaban J connectivity index is 1.51. The minimum absolute atomic E-state index is 0.0963. The largest absolute Gasteiger partial charge is 0.342 e. The molecule has 1 N–H and O–H groups in total. The molecule has 27 heavy (non-hydrogen) atoms. The number of nitrogens with one attached hydrogen (secondary N) is 1. The van der Waals surface area contributed by atoms with E-state index in [1.807, 2.05) is 41.3 Å². The number of benzene rings is 2. The number of hydrogen-bond donors (Lipinski definition) is 1. The van der Waals surface area contributed by atoms with Crippen molar-refractivity contribution in [3.05, 3.63) is 65.5 Å². The third kappa shape index (κ3) is 3.61. The maximum absolute atomic E-state index is 13.0. The van der Waals surface area contributed by atoms with Gasteiger partial charge in [-0.05, 0) is 48.1 Å². The molecule has 3 aromatic rings. The maximum Gasteiger partial charge on any atom is 0.253 e. The van der Waals surface area contributed by atoms with Gasteiger partial charge in [0.1, 0.15) is 5.82 Å². The van der Waals surface area contributed by atoms with Crippen LogP contribution in [0.4, 0.5) is 0 Å². The zero-order valence-corrected chi connectivity index (χ0v) is 16.3. The summed E-state index contributed by atoms with van der Waals surface area (Å²) in [6, 6.07) is 16.2. The SMILES string of the molecule is CC(C)(C)c1ccc(C(=O)N2CCC[C@@H](c3nc4ccccc4[nH]3)C2)cc1. The fraction of sp³-hybridized carbons (Fsp3) is 0.391. The first-order valence-corrected chi connectivity index (χ1v) is 9.76. The Bertz CT molecular complexity index is 917. The van der Waals surface area contributed by atoms with Gasteiger partial charge in [-0.2, -0.15) is 0 Å². The highest BCUT2D eigenvalue weighted by molar-refractivity contribution is 5.94. The topological polar surface area (TPSA) is 49.0 Å². The second kappa shape index (κ2) is 6.84. The Kier molecular flexibility index (Phi) is 4.50. The molecule has 0 bridgehead atoms. The van der Waals surface area contributed by atoms with Gasteiger partial charge in [0.2, 0.25) is 0 Å². The Labute approximate surface area is 160 Å². The minimum Gasteiger partial charge on any atom is -0.342 e. The molecular formula is C23H27N3O. The Morgan fingerprint density at radius 2 is 1.85 bits per heavy atom. The maximum atomic E-state index is 13.0. The molecule has 1 fully saturated rings. The molecule has 0 spiro atoms. The van der Waals surface area contributed by atoms with Crippen LogP contribution in [0.3, 0.4) is 0 Å². The zero-order chi connectivity index (χ0) is 19.0. The number of amides is 1. The van der Waals surface area contributed by atoms with E-state index >= 15 is 0 Å². The second-order valence-corrected chi connectivity index (χ2v) is 8.56. The lowest BCUT2D eigenvalue weighted by molar-refractivity contribution is 0.0705. The number of carbonyl (C=O) groups excluding carboxylic acids is 1. The van der Waals surface area contributed by atoms with E-state index in [4.69, 9.17) is 4.98 Å². The van der Waals surface area contributed by atoms with Gasteiger partial charge in [0.15, 0.2) is 0 Å². The number of hydrogen-bond acceptors (Lipinski definition) is 2. The number of carbonyl (C=O) groups is 1. The van der Waals surface area contributed by atoms with Crippen LogP contribution in [0.2, 0.25) is 0 Å². The molecule has 4 nitrogen and oxygen atoms in total. The molecule has 4 heteroatoms. The predicted octanol–water partition coefficient (Wildman–Crippen LogP) is 4.88. The van der Waals surface area contributed by atoms with Crippen molar-refractivity contribution in [1.82, 2.24) is 14.9 Å². The second-order valence-electron chi connectivity index (χ2n) is 8.56. The van der Waals surface area contributed by atoms with Gasteiger partial charge in [0.25, 0.3) is 5.91 Å². The van der Waals surface area contributed by atoms with E-state index in [-0.39, 0.29) is 17.2 Å². The Morgan fingerprint density at radius 1 is 1.11 bits per heavy atom. The molecule has 2 aromatic carbocycles. The molecule has 1 aliphatic heterocycles. The van der Waals surface area contributed by atoms with E-state index in [1.165, 1.54) is 5.56 Å². The average molecular weight is 361 g/mol. The summed E-state index contributed by atoms with van der Waals surface area (Å²) in [5.74, 6) is 1.39. The van der Waals surface area contributed by atoms with Crippen molar-refractivity contribution >= 4 is 16.9 Å². The van der Waals surface area contributed by atoms with Crippen molar-refractivity contribution in [3.8, 4) is 0 Å². The highest BCUT2D eigenvalue weighted by atomic mass is 16.2. The van der Waals surface area contributed by atoms with Crippen LogP contribution in [0.1, 0.15) is 61.3 Å². The number of piperidine rings is 1. The first-order chi connectivity index (χ1) is 12.9. The molecule has 4 rings (SSSR count). The van der Waals surface area contributed by atoms with Crippen LogP contribution in [-0.2, 0) is 5.41 Å². The Morgan fingerprint density at radius 3 is 2.56 bits per heavy atom. The van der Waals surface area contributed by atoms with Gasteiger partial charge in [0, 0.05) is 24.6 Å². The smallest absolute Gasteiger partial charge is 0.253 e. The standard InChI is InChI=1S/C23H27N3O/c1-23(2,3)18-12-10-16(11-13-18)22(27)26-14-6-7-17(15-26)21-24-19-8-4-5-9-20(19)25-21/h4-5,8-13,17H,6-7,14-15H2,1-3H3,(H,24,25)/t17-/m1/s1. The summed E-state index contributed by atoms with van der Waals surface area (Å²) in [6.45, 7) is 8.10. The summed E-state index contributed by atoms with van der Waals surface area (Å²) in [4.78, 5) is 23.2. The normalized spacial score (nSPS) is 18.0. The zero-order valence-electron chi connectivity index (χ0n) is 16.3. The highest BCUT2D eigenvalue weighted by Gasteiger charge is 2.27. The van der Waals surface area contributed by atoms with Gasteiger partial charge in [-0.3, -0.25) is 4.79 Å². The van der Waals surface area contributed by atoms with Crippen LogP contribution in [0.25, 0.3) is 11.0 Å². The van der Waals surface area contributed by atoms with Crippen molar-refractivity contribution in [3.63, 3.8) is 0 Å². The third-order valence-corrected chi connectivity index (χ3v) is 5.50. The summed E-state index contributed by atoms with van der Waals surface area (Å²) in [7, 11) is 0. The average Bonchev–Trinajstić information content (AvgIpc) is 3.11. The minimum atomic E-state index is 0.0963. The van der Waals surface area contributed by atoms with E-state index < -0.39 is 0 Å². The molecule has 0 aliphatic carbocycles. The number of nitrogens with zero attached hydrogens (tertiary/aromatic N) is 2. The molecule has 1 amide bonds. The monoisotopic (exact) mass is 361 g/mol. The van der Waals surface area contributed by atoms with E-state index in [2.05, 4.69) is 37.9 Å². The van der Waals surface area contributed by atoms with Crippen molar-refractivity contribution in [2.75, 3.05) is 13.1 Å². The molecule has 0 saturated carbocycles. The van der Waals surface area contributed by atoms with Crippen LogP contribution in [0.5, 0.6) is 0 Å². The van der Waals surface area contributed by atoms with Crippen molar-refractivity contribution in [2.24, 2.45) is 0 Å². The molecule has 2 heterocycles. The first kappa shape index (κ1) is 17.8. The number of imidazole rings is 1. The lowest BCUT2D eigenvalue weighted by Gasteiger charge is -2.32. The van der Waals surface area contributed by atoms with Gasteiger partial charge in [-0.15, -0.1) is 0 Å². The predicted molar refractivity (Wildman–Crippen MR) is 109 cm³/mol. The first-order valence-electron chi connectivity index (χ1n) is 9.76. The fourth-order valence-corrected chi connectivity index (χ4v) is 3.85. The van der Waals surface area contributed by atoms with Gasteiger partial charge in [-0.1, -0.05) is 45.0 Å². The van der Waals surface area contributed by atoms with Crippen molar-refractivity contribution in [2.45, 2.75) is 44.9 Å². The van der Waals surface area contributed by atoms with E-state index in [0.29, 0.717) is 0 Å². The fourth-order valence-electron chi connectivity index (χ4n) is 3.85. The number of H-pyrrole nitrogens is 1. The number of para-hydroxylation sites is 2. The molecule has 0 unspecified atom stereocenters. The van der Waals surface area contributed by atoms with Crippen molar-refractivity contribution in [1.29, 1.82) is 0 Å². The van der Waals surface area contributed by atoms with Gasteiger partial charge >= 0.3 is 0 Å². The number of aromatic amines is 1. The molecule has 0 radical (unpaired) electrons. The van der Waals surface area contributed by atoms with Crippen LogP contribution in [0.15, 0.2) is 48.5 Å². The number of aromatic nitrogens is 2. The van der Waals surface area contributed by atoms with Crippen LogP contribution >= 0.6 is 0 Å². The Hall–Kier alpha value is -2.62. The van der Waals surface area contributed by atoms with Gasteiger partial charge in [0.05, 0.1) is 11.0 Å². The molecule has 1 atom stereocenters.